The van der Waals surface area contributed by atoms with Crippen LogP contribution in [0.4, 0.5) is 0 Å². The Morgan fingerprint density at radius 3 is 2.60 bits per heavy atom. The molecule has 1 aromatic heterocycles. The van der Waals surface area contributed by atoms with E-state index in [1.165, 1.54) is 0 Å². The van der Waals surface area contributed by atoms with Crippen molar-refractivity contribution in [1.29, 1.82) is 0 Å². The van der Waals surface area contributed by atoms with Crippen LogP contribution in [0, 0.1) is 0 Å². The summed E-state index contributed by atoms with van der Waals surface area (Å²) in [6.45, 7) is 2.00. The smallest absolute Gasteiger partial charge is 0.197 e. The molecule has 0 bridgehead atoms. The van der Waals surface area contributed by atoms with Crippen molar-refractivity contribution in [1.82, 2.24) is 4.98 Å². The lowest BCUT2D eigenvalue weighted by Gasteiger charge is -2.11. The first-order valence-corrected chi connectivity index (χ1v) is 6.40. The second-order valence-electron chi connectivity index (χ2n) is 4.28. The van der Waals surface area contributed by atoms with Gasteiger partial charge in [-0.25, -0.2) is 0 Å². The second kappa shape index (κ2) is 6.19. The zero-order valence-electron chi connectivity index (χ0n) is 11.8. The van der Waals surface area contributed by atoms with Gasteiger partial charge in [0.2, 0.25) is 0 Å². The number of rotatable bonds is 5. The summed E-state index contributed by atoms with van der Waals surface area (Å²) in [4.78, 5) is 16.7. The average Bonchev–Trinajstić information content (AvgIpc) is 2.53. The third kappa shape index (κ3) is 2.64. The zero-order chi connectivity index (χ0) is 14.5. The van der Waals surface area contributed by atoms with E-state index in [4.69, 9.17) is 9.47 Å². The van der Waals surface area contributed by atoms with Gasteiger partial charge in [0.1, 0.15) is 11.5 Å². The van der Waals surface area contributed by atoms with Crippen LogP contribution in [0.25, 0.3) is 0 Å². The van der Waals surface area contributed by atoms with Crippen LogP contribution >= 0.6 is 0 Å². The highest BCUT2D eigenvalue weighted by molar-refractivity contribution is 6.11. The van der Waals surface area contributed by atoms with E-state index in [-0.39, 0.29) is 5.78 Å². The van der Waals surface area contributed by atoms with Gasteiger partial charge in [-0.05, 0) is 30.2 Å². The molecule has 1 aromatic carbocycles. The van der Waals surface area contributed by atoms with Crippen LogP contribution in [-0.2, 0) is 6.42 Å². The fourth-order valence-corrected chi connectivity index (χ4v) is 2.06. The molecule has 0 saturated heterocycles. The van der Waals surface area contributed by atoms with Crippen LogP contribution in [0.15, 0.2) is 36.7 Å². The van der Waals surface area contributed by atoms with Gasteiger partial charge >= 0.3 is 0 Å². The molecule has 1 heterocycles. The Kier molecular flexibility index (Phi) is 4.35. The molecule has 0 fully saturated rings. The summed E-state index contributed by atoms with van der Waals surface area (Å²) >= 11 is 0. The summed E-state index contributed by atoms with van der Waals surface area (Å²) in [5.41, 5.74) is 2.11. The number of benzene rings is 1. The molecule has 0 radical (unpaired) electrons. The lowest BCUT2D eigenvalue weighted by Crippen LogP contribution is -2.07. The molecule has 4 heteroatoms. The molecule has 0 aliphatic rings. The number of nitrogens with zero attached hydrogens (tertiary/aromatic N) is 1. The fraction of sp³-hybridized carbons (Fsp3) is 0.250. The molecule has 0 spiro atoms. The van der Waals surface area contributed by atoms with E-state index in [1.807, 2.05) is 6.92 Å². The van der Waals surface area contributed by atoms with Gasteiger partial charge in [0, 0.05) is 24.0 Å². The molecule has 2 aromatic rings. The molecule has 0 atom stereocenters. The first-order chi connectivity index (χ1) is 9.71. The predicted molar refractivity (Wildman–Crippen MR) is 76.6 cm³/mol. The van der Waals surface area contributed by atoms with Gasteiger partial charge in [0.15, 0.2) is 5.78 Å². The highest BCUT2D eigenvalue weighted by Crippen LogP contribution is 2.27. The van der Waals surface area contributed by atoms with E-state index in [0.717, 1.165) is 12.0 Å². The molecule has 4 nitrogen and oxygen atoms in total. The maximum Gasteiger partial charge on any atom is 0.197 e. The molecule has 2 rings (SSSR count). The van der Waals surface area contributed by atoms with Crippen LogP contribution in [0.5, 0.6) is 11.5 Å². The standard InChI is InChI=1S/C16H17NO3/c1-4-11-10-17-8-7-13(11)16(18)14-6-5-12(19-2)9-15(14)20-3/h5-10H,4H2,1-3H3. The van der Waals surface area contributed by atoms with Crippen LogP contribution in [0.1, 0.15) is 28.4 Å². The summed E-state index contributed by atoms with van der Waals surface area (Å²) < 4.78 is 10.4. The van der Waals surface area contributed by atoms with Crippen molar-refractivity contribution in [3.63, 3.8) is 0 Å². The van der Waals surface area contributed by atoms with Crippen molar-refractivity contribution in [3.8, 4) is 11.5 Å². The second-order valence-corrected chi connectivity index (χ2v) is 4.28. The topological polar surface area (TPSA) is 48.4 Å². The van der Waals surface area contributed by atoms with Crippen LogP contribution < -0.4 is 9.47 Å². The third-order valence-electron chi connectivity index (χ3n) is 3.18. The van der Waals surface area contributed by atoms with Crippen molar-refractivity contribution < 1.29 is 14.3 Å². The Morgan fingerprint density at radius 2 is 1.95 bits per heavy atom. The van der Waals surface area contributed by atoms with E-state index in [2.05, 4.69) is 4.98 Å². The first kappa shape index (κ1) is 14.1. The van der Waals surface area contributed by atoms with Crippen molar-refractivity contribution in [3.05, 3.63) is 53.3 Å². The Bertz CT molecular complexity index is 623. The van der Waals surface area contributed by atoms with Gasteiger partial charge in [-0.2, -0.15) is 0 Å². The van der Waals surface area contributed by atoms with Gasteiger partial charge in [-0.15, -0.1) is 0 Å². The molecular weight excluding hydrogens is 254 g/mol. The number of carbonyl (C=O) groups is 1. The summed E-state index contributed by atoms with van der Waals surface area (Å²) in [5.74, 6) is 1.10. The maximum atomic E-state index is 12.7. The summed E-state index contributed by atoms with van der Waals surface area (Å²) in [7, 11) is 3.12. The number of carbonyl (C=O) groups excluding carboxylic acids is 1. The van der Waals surface area contributed by atoms with Crippen molar-refractivity contribution in [2.75, 3.05) is 14.2 Å². The monoisotopic (exact) mass is 271 g/mol. The number of aryl methyl sites for hydroxylation is 1. The number of ether oxygens (including phenoxy) is 2. The molecule has 0 aliphatic carbocycles. The average molecular weight is 271 g/mol. The highest BCUT2D eigenvalue weighted by atomic mass is 16.5. The molecule has 0 saturated carbocycles. The minimum Gasteiger partial charge on any atom is -0.497 e. The van der Waals surface area contributed by atoms with E-state index >= 15 is 0 Å². The Labute approximate surface area is 118 Å². The van der Waals surface area contributed by atoms with Crippen molar-refractivity contribution in [2.24, 2.45) is 0 Å². The summed E-state index contributed by atoms with van der Waals surface area (Å²) in [5, 5.41) is 0. The molecule has 0 unspecified atom stereocenters. The summed E-state index contributed by atoms with van der Waals surface area (Å²) in [6.07, 6.45) is 4.11. The fourth-order valence-electron chi connectivity index (χ4n) is 2.06. The zero-order valence-corrected chi connectivity index (χ0v) is 11.8. The van der Waals surface area contributed by atoms with E-state index in [1.54, 1.807) is 50.9 Å². The quantitative estimate of drug-likeness (QED) is 0.785. The first-order valence-electron chi connectivity index (χ1n) is 6.40. The van der Waals surface area contributed by atoms with E-state index < -0.39 is 0 Å². The van der Waals surface area contributed by atoms with Crippen LogP contribution in [-0.4, -0.2) is 25.0 Å². The minimum absolute atomic E-state index is 0.0660. The number of ketones is 1. The van der Waals surface area contributed by atoms with Crippen molar-refractivity contribution in [2.45, 2.75) is 13.3 Å². The molecule has 20 heavy (non-hydrogen) atoms. The SMILES string of the molecule is CCc1cnccc1C(=O)c1ccc(OC)cc1OC. The number of aromatic nitrogens is 1. The normalized spacial score (nSPS) is 10.2. The summed E-state index contributed by atoms with van der Waals surface area (Å²) in [6, 6.07) is 6.92. The molecular formula is C16H17NO3. The molecule has 104 valence electrons. The number of pyridine rings is 1. The van der Waals surface area contributed by atoms with E-state index in [9.17, 15) is 4.79 Å². The van der Waals surface area contributed by atoms with Gasteiger partial charge in [-0.1, -0.05) is 6.92 Å². The highest BCUT2D eigenvalue weighted by Gasteiger charge is 2.17. The van der Waals surface area contributed by atoms with Crippen LogP contribution in [0.2, 0.25) is 0 Å². The third-order valence-corrected chi connectivity index (χ3v) is 3.18. The maximum absolute atomic E-state index is 12.7. The van der Waals surface area contributed by atoms with Gasteiger partial charge < -0.3 is 9.47 Å². The molecule has 0 amide bonds. The minimum atomic E-state index is -0.0660. The molecule has 0 N–H and O–H groups in total. The Balaban J connectivity index is 2.48. The number of hydrogen-bond donors (Lipinski definition) is 0. The lowest BCUT2D eigenvalue weighted by molar-refractivity contribution is 0.103. The number of methoxy groups -OCH3 is 2. The number of hydrogen-bond acceptors (Lipinski definition) is 4. The Morgan fingerprint density at radius 1 is 1.15 bits per heavy atom. The Hall–Kier alpha value is -2.36. The van der Waals surface area contributed by atoms with Gasteiger partial charge in [-0.3, -0.25) is 9.78 Å². The molecule has 0 aliphatic heterocycles. The van der Waals surface area contributed by atoms with Crippen molar-refractivity contribution >= 4 is 5.78 Å². The largest absolute Gasteiger partial charge is 0.497 e. The predicted octanol–water partition coefficient (Wildman–Crippen LogP) is 2.89. The van der Waals surface area contributed by atoms with Crippen LogP contribution in [0.3, 0.4) is 0 Å². The van der Waals surface area contributed by atoms with Gasteiger partial charge in [0.25, 0.3) is 0 Å². The lowest BCUT2D eigenvalue weighted by atomic mass is 9.98. The van der Waals surface area contributed by atoms with E-state index in [0.29, 0.717) is 22.6 Å². The van der Waals surface area contributed by atoms with Gasteiger partial charge in [0.05, 0.1) is 19.8 Å².